The standard InChI is InChI=1S/C15H20N4O3/c1-15(2,3)22-14(21)16-11(12-17-13(20)19-18-12)9-10-7-5-4-6-8-10/h4-8,11H,9H2,1-3H3,(H,16,21)(H2,17,18,19,20). The summed E-state index contributed by atoms with van der Waals surface area (Å²) >= 11 is 0. The molecule has 3 N–H and O–H groups in total. The number of carbonyl (C=O) groups excluding carboxylic acids is 1. The van der Waals surface area contributed by atoms with Crippen molar-refractivity contribution in [2.24, 2.45) is 0 Å². The van der Waals surface area contributed by atoms with Gasteiger partial charge in [0, 0.05) is 6.42 Å². The summed E-state index contributed by atoms with van der Waals surface area (Å²) in [5, 5.41) is 8.94. The molecule has 1 aromatic carbocycles. The number of alkyl carbamates (subject to hydrolysis) is 1. The normalized spacial score (nSPS) is 12.7. The summed E-state index contributed by atoms with van der Waals surface area (Å²) in [5.41, 5.74) is -0.00755. The maximum absolute atomic E-state index is 12.0. The van der Waals surface area contributed by atoms with E-state index < -0.39 is 23.4 Å². The fourth-order valence-corrected chi connectivity index (χ4v) is 1.96. The Hall–Kier alpha value is -2.57. The van der Waals surface area contributed by atoms with Crippen LogP contribution < -0.4 is 11.0 Å². The number of hydrogen-bond acceptors (Lipinski definition) is 4. The Kier molecular flexibility index (Phi) is 4.65. The van der Waals surface area contributed by atoms with Crippen molar-refractivity contribution < 1.29 is 9.53 Å². The number of rotatable bonds is 4. The topological polar surface area (TPSA) is 99.9 Å². The fraction of sp³-hybridized carbons (Fsp3) is 0.400. The molecule has 0 aliphatic heterocycles. The molecule has 0 fully saturated rings. The zero-order valence-electron chi connectivity index (χ0n) is 12.8. The number of benzene rings is 1. The predicted molar refractivity (Wildman–Crippen MR) is 81.5 cm³/mol. The molecule has 0 aliphatic rings. The van der Waals surface area contributed by atoms with Crippen molar-refractivity contribution in [3.05, 3.63) is 52.2 Å². The number of H-pyrrole nitrogens is 2. The Morgan fingerprint density at radius 2 is 2.00 bits per heavy atom. The molecule has 0 spiro atoms. The second kappa shape index (κ2) is 6.46. The zero-order chi connectivity index (χ0) is 16.2. The molecular formula is C15H20N4O3. The van der Waals surface area contributed by atoms with E-state index in [1.165, 1.54) is 0 Å². The van der Waals surface area contributed by atoms with Crippen molar-refractivity contribution in [1.82, 2.24) is 20.5 Å². The second-order valence-corrected chi connectivity index (χ2v) is 5.95. The minimum absolute atomic E-state index is 0.361. The van der Waals surface area contributed by atoms with Gasteiger partial charge < -0.3 is 10.1 Å². The average Bonchev–Trinajstić information content (AvgIpc) is 2.84. The largest absolute Gasteiger partial charge is 0.444 e. The van der Waals surface area contributed by atoms with Crippen LogP contribution in [0.15, 0.2) is 35.1 Å². The number of aromatic amines is 2. The molecule has 0 saturated carbocycles. The molecular weight excluding hydrogens is 284 g/mol. The van der Waals surface area contributed by atoms with Gasteiger partial charge in [-0.1, -0.05) is 30.3 Å². The van der Waals surface area contributed by atoms with Gasteiger partial charge in [0.1, 0.15) is 5.60 Å². The summed E-state index contributed by atoms with van der Waals surface area (Å²) in [6.45, 7) is 5.36. The average molecular weight is 304 g/mol. The molecule has 0 radical (unpaired) electrons. The number of ether oxygens (including phenoxy) is 1. The highest BCUT2D eigenvalue weighted by molar-refractivity contribution is 5.68. The van der Waals surface area contributed by atoms with Crippen LogP contribution in [0.25, 0.3) is 0 Å². The maximum Gasteiger partial charge on any atom is 0.408 e. The van der Waals surface area contributed by atoms with Crippen molar-refractivity contribution in [1.29, 1.82) is 0 Å². The van der Waals surface area contributed by atoms with Crippen molar-refractivity contribution in [3.8, 4) is 0 Å². The number of aromatic nitrogens is 3. The first kappa shape index (κ1) is 15.8. The predicted octanol–water partition coefficient (Wildman–Crippen LogP) is 1.91. The van der Waals surface area contributed by atoms with Crippen molar-refractivity contribution in [2.45, 2.75) is 38.8 Å². The lowest BCUT2D eigenvalue weighted by Gasteiger charge is -2.22. The SMILES string of the molecule is CC(C)(C)OC(=O)NC(Cc1ccccc1)c1n[nH]c(=O)[nH]1. The van der Waals surface area contributed by atoms with Gasteiger partial charge in [0.15, 0.2) is 5.82 Å². The van der Waals surface area contributed by atoms with E-state index in [2.05, 4.69) is 20.5 Å². The number of carbonyl (C=O) groups is 1. The van der Waals surface area contributed by atoms with Crippen LogP contribution in [-0.2, 0) is 11.2 Å². The Balaban J connectivity index is 2.15. The minimum Gasteiger partial charge on any atom is -0.444 e. The van der Waals surface area contributed by atoms with E-state index in [1.54, 1.807) is 20.8 Å². The highest BCUT2D eigenvalue weighted by Gasteiger charge is 2.22. The minimum atomic E-state index is -0.597. The van der Waals surface area contributed by atoms with Crippen LogP contribution in [0, 0.1) is 0 Å². The fourth-order valence-electron chi connectivity index (χ4n) is 1.96. The van der Waals surface area contributed by atoms with Crippen molar-refractivity contribution in [2.75, 3.05) is 0 Å². The molecule has 7 heteroatoms. The quantitative estimate of drug-likeness (QED) is 0.803. The molecule has 1 amide bonds. The van der Waals surface area contributed by atoms with Crippen LogP contribution in [0.5, 0.6) is 0 Å². The monoisotopic (exact) mass is 304 g/mol. The summed E-state index contributed by atoms with van der Waals surface area (Å²) in [6, 6.07) is 9.12. The van der Waals surface area contributed by atoms with Gasteiger partial charge in [-0.05, 0) is 26.3 Å². The van der Waals surface area contributed by atoms with E-state index >= 15 is 0 Å². The van der Waals surface area contributed by atoms with Crippen LogP contribution in [-0.4, -0.2) is 26.9 Å². The molecule has 1 aromatic heterocycles. The molecule has 1 atom stereocenters. The Labute approximate surface area is 128 Å². The first-order chi connectivity index (χ1) is 10.3. The van der Waals surface area contributed by atoms with Crippen LogP contribution in [0.1, 0.15) is 38.2 Å². The molecule has 0 bridgehead atoms. The molecule has 0 aliphatic carbocycles. The molecule has 1 heterocycles. The van der Waals surface area contributed by atoms with E-state index in [4.69, 9.17) is 4.74 Å². The van der Waals surface area contributed by atoms with Gasteiger partial charge in [-0.3, -0.25) is 4.98 Å². The van der Waals surface area contributed by atoms with E-state index in [1.807, 2.05) is 30.3 Å². The molecule has 1 unspecified atom stereocenters. The van der Waals surface area contributed by atoms with Crippen LogP contribution in [0.2, 0.25) is 0 Å². The van der Waals surface area contributed by atoms with Crippen molar-refractivity contribution >= 4 is 6.09 Å². The molecule has 2 rings (SSSR count). The maximum atomic E-state index is 12.0. The highest BCUT2D eigenvalue weighted by atomic mass is 16.6. The lowest BCUT2D eigenvalue weighted by molar-refractivity contribution is 0.0501. The summed E-state index contributed by atoms with van der Waals surface area (Å²) in [4.78, 5) is 25.8. The van der Waals surface area contributed by atoms with Gasteiger partial charge in [-0.15, -0.1) is 0 Å². The Bertz CT molecular complexity index is 670. The zero-order valence-corrected chi connectivity index (χ0v) is 12.8. The molecule has 22 heavy (non-hydrogen) atoms. The van der Waals surface area contributed by atoms with Gasteiger partial charge in [-0.2, -0.15) is 5.10 Å². The molecule has 7 nitrogen and oxygen atoms in total. The van der Waals surface area contributed by atoms with Gasteiger partial charge in [0.05, 0.1) is 6.04 Å². The van der Waals surface area contributed by atoms with E-state index in [0.29, 0.717) is 12.2 Å². The second-order valence-electron chi connectivity index (χ2n) is 5.95. The summed E-state index contributed by atoms with van der Waals surface area (Å²) < 4.78 is 5.25. The van der Waals surface area contributed by atoms with Crippen LogP contribution in [0.4, 0.5) is 4.79 Å². The lowest BCUT2D eigenvalue weighted by Crippen LogP contribution is -2.36. The first-order valence-corrected chi connectivity index (χ1v) is 7.01. The van der Waals surface area contributed by atoms with E-state index in [9.17, 15) is 9.59 Å². The first-order valence-electron chi connectivity index (χ1n) is 7.01. The number of nitrogens with zero attached hydrogens (tertiary/aromatic N) is 1. The number of amides is 1. The smallest absolute Gasteiger partial charge is 0.408 e. The molecule has 2 aromatic rings. The number of nitrogens with one attached hydrogen (secondary N) is 3. The summed E-state index contributed by atoms with van der Waals surface area (Å²) in [5.74, 6) is 0.361. The third-order valence-electron chi connectivity index (χ3n) is 2.82. The van der Waals surface area contributed by atoms with Crippen LogP contribution in [0.3, 0.4) is 0 Å². The highest BCUT2D eigenvalue weighted by Crippen LogP contribution is 2.15. The molecule has 118 valence electrons. The van der Waals surface area contributed by atoms with Gasteiger partial charge in [0.25, 0.3) is 0 Å². The summed E-state index contributed by atoms with van der Waals surface area (Å²) in [7, 11) is 0. The van der Waals surface area contributed by atoms with E-state index in [0.717, 1.165) is 5.56 Å². The Morgan fingerprint density at radius 3 is 2.55 bits per heavy atom. The third kappa shape index (κ3) is 4.76. The molecule has 0 saturated heterocycles. The summed E-state index contributed by atoms with van der Waals surface area (Å²) in [6.07, 6.45) is -0.0711. The third-order valence-corrected chi connectivity index (χ3v) is 2.82. The number of hydrogen-bond donors (Lipinski definition) is 3. The van der Waals surface area contributed by atoms with Gasteiger partial charge in [0.2, 0.25) is 0 Å². The lowest BCUT2D eigenvalue weighted by atomic mass is 10.1. The van der Waals surface area contributed by atoms with Crippen molar-refractivity contribution in [3.63, 3.8) is 0 Å². The van der Waals surface area contributed by atoms with Gasteiger partial charge in [-0.25, -0.2) is 14.7 Å². The van der Waals surface area contributed by atoms with Gasteiger partial charge >= 0.3 is 11.8 Å². The van der Waals surface area contributed by atoms with Crippen LogP contribution >= 0.6 is 0 Å². The van der Waals surface area contributed by atoms with E-state index in [-0.39, 0.29) is 0 Å². The Morgan fingerprint density at radius 1 is 1.32 bits per heavy atom.